The Morgan fingerprint density at radius 3 is 2.84 bits per heavy atom. The first-order chi connectivity index (χ1) is 12.2. The van der Waals surface area contributed by atoms with Gasteiger partial charge in [-0.25, -0.2) is 19.3 Å². The molecule has 0 bridgehead atoms. The highest BCUT2D eigenvalue weighted by atomic mass is 32.1. The number of aryl methyl sites for hydroxylation is 1. The molecule has 1 aromatic carbocycles. The van der Waals surface area contributed by atoms with Gasteiger partial charge in [-0.3, -0.25) is 0 Å². The Balaban J connectivity index is 1.89. The minimum absolute atomic E-state index is 0.331. The molecule has 1 atom stereocenters. The van der Waals surface area contributed by atoms with E-state index in [1.165, 1.54) is 35.1 Å². The van der Waals surface area contributed by atoms with Crippen molar-refractivity contribution < 1.29 is 4.39 Å². The van der Waals surface area contributed by atoms with Gasteiger partial charge in [0.05, 0.1) is 15.9 Å². The van der Waals surface area contributed by atoms with Gasteiger partial charge in [0, 0.05) is 22.0 Å². The third-order valence-corrected chi connectivity index (χ3v) is 5.66. The van der Waals surface area contributed by atoms with E-state index in [-0.39, 0.29) is 0 Å². The molecule has 4 aromatic rings. The van der Waals surface area contributed by atoms with Crippen LogP contribution in [0.1, 0.15) is 21.5 Å². The van der Waals surface area contributed by atoms with Crippen LogP contribution in [0, 0.1) is 17.6 Å². The molecule has 4 rings (SSSR count). The first-order valence-electron chi connectivity index (χ1n) is 7.40. The van der Waals surface area contributed by atoms with Gasteiger partial charge in [-0.15, -0.1) is 27.6 Å². The van der Waals surface area contributed by atoms with Crippen molar-refractivity contribution in [2.24, 2.45) is 5.18 Å². The maximum Gasteiger partial charge on any atom is 0.168 e. The Hall–Kier alpha value is -2.58. The third kappa shape index (κ3) is 2.83. The second-order valence-electron chi connectivity index (χ2n) is 5.41. The lowest BCUT2D eigenvalue weighted by Crippen LogP contribution is -1.99. The monoisotopic (exact) mass is 370 g/mol. The maximum atomic E-state index is 14.5. The number of thiophene rings is 1. The Labute approximate surface area is 150 Å². The molecule has 124 valence electrons. The molecule has 0 amide bonds. The average molecular weight is 370 g/mol. The van der Waals surface area contributed by atoms with E-state index < -0.39 is 11.9 Å². The molecule has 0 radical (unpaired) electrons. The van der Waals surface area contributed by atoms with Crippen molar-refractivity contribution >= 4 is 32.9 Å². The molecule has 0 saturated carbocycles. The standard InChI is InChI=1S/C17H11FN4OS2/c1-9-6-13-16(25-9)15(21-8-20-13)11-7-10(2-3-12(11)18)14(22-23)17-19-4-5-24-17/h2-8,14H,1H3. The van der Waals surface area contributed by atoms with Crippen LogP contribution in [0.2, 0.25) is 0 Å². The summed E-state index contributed by atoms with van der Waals surface area (Å²) in [4.78, 5) is 25.1. The largest absolute Gasteiger partial charge is 0.247 e. The molecule has 5 nitrogen and oxygen atoms in total. The van der Waals surface area contributed by atoms with E-state index in [1.807, 2.05) is 13.0 Å². The Bertz CT molecular complexity index is 1060. The zero-order valence-corrected chi connectivity index (χ0v) is 14.6. The van der Waals surface area contributed by atoms with Gasteiger partial charge in [0.2, 0.25) is 0 Å². The smallest absolute Gasteiger partial charge is 0.168 e. The summed E-state index contributed by atoms with van der Waals surface area (Å²) in [5.74, 6) is -0.404. The molecule has 0 saturated heterocycles. The van der Waals surface area contributed by atoms with Crippen LogP contribution in [0.5, 0.6) is 0 Å². The van der Waals surface area contributed by atoms with Crippen LogP contribution in [0.4, 0.5) is 4.39 Å². The molecule has 1 unspecified atom stereocenters. The minimum atomic E-state index is -0.762. The maximum absolute atomic E-state index is 14.5. The number of hydrogen-bond donors (Lipinski definition) is 0. The predicted octanol–water partition coefficient (Wildman–Crippen LogP) is 5.12. The van der Waals surface area contributed by atoms with Crippen molar-refractivity contribution in [1.29, 1.82) is 0 Å². The molecule has 0 aliphatic carbocycles. The number of fused-ring (bicyclic) bond motifs is 1. The lowest BCUT2D eigenvalue weighted by atomic mass is 10.0. The molecule has 3 aromatic heterocycles. The van der Waals surface area contributed by atoms with Crippen molar-refractivity contribution in [1.82, 2.24) is 15.0 Å². The summed E-state index contributed by atoms with van der Waals surface area (Å²) in [6, 6.07) is 5.70. The Morgan fingerprint density at radius 1 is 1.20 bits per heavy atom. The number of thiazole rings is 1. The van der Waals surface area contributed by atoms with Gasteiger partial charge in [-0.2, -0.15) is 0 Å². The predicted molar refractivity (Wildman–Crippen MR) is 97.3 cm³/mol. The first-order valence-corrected chi connectivity index (χ1v) is 9.10. The summed E-state index contributed by atoms with van der Waals surface area (Å²) in [6.45, 7) is 1.97. The molecular formula is C17H11FN4OS2. The van der Waals surface area contributed by atoms with Gasteiger partial charge in [0.1, 0.15) is 17.2 Å². The number of aromatic nitrogens is 3. The summed E-state index contributed by atoms with van der Waals surface area (Å²) in [6.07, 6.45) is 3.04. The highest BCUT2D eigenvalue weighted by Gasteiger charge is 2.21. The number of rotatable bonds is 4. The van der Waals surface area contributed by atoms with Gasteiger partial charge >= 0.3 is 0 Å². The van der Waals surface area contributed by atoms with E-state index in [9.17, 15) is 9.30 Å². The fourth-order valence-electron chi connectivity index (χ4n) is 2.68. The highest BCUT2D eigenvalue weighted by Crippen LogP contribution is 2.36. The number of nitroso groups, excluding NO2 is 1. The van der Waals surface area contributed by atoms with Crippen molar-refractivity contribution in [2.45, 2.75) is 13.0 Å². The van der Waals surface area contributed by atoms with Gasteiger partial charge in [-0.05, 0) is 30.7 Å². The fraction of sp³-hybridized carbons (Fsp3) is 0.118. The average Bonchev–Trinajstić information content (AvgIpc) is 3.25. The van der Waals surface area contributed by atoms with E-state index in [2.05, 4.69) is 20.1 Å². The van der Waals surface area contributed by atoms with Crippen LogP contribution in [-0.2, 0) is 0 Å². The third-order valence-electron chi connectivity index (χ3n) is 3.79. The highest BCUT2D eigenvalue weighted by molar-refractivity contribution is 7.19. The molecule has 0 spiro atoms. The van der Waals surface area contributed by atoms with Crippen molar-refractivity contribution in [3.8, 4) is 11.3 Å². The lowest BCUT2D eigenvalue weighted by Gasteiger charge is -2.10. The fourth-order valence-corrected chi connectivity index (χ4v) is 4.34. The summed E-state index contributed by atoms with van der Waals surface area (Å²) in [5.41, 5.74) is 2.21. The van der Waals surface area contributed by atoms with Gasteiger partial charge in [-0.1, -0.05) is 11.2 Å². The summed E-state index contributed by atoms with van der Waals surface area (Å²) < 4.78 is 15.3. The summed E-state index contributed by atoms with van der Waals surface area (Å²) >= 11 is 2.85. The molecular weight excluding hydrogens is 359 g/mol. The molecule has 8 heteroatoms. The van der Waals surface area contributed by atoms with Crippen LogP contribution in [-0.4, -0.2) is 15.0 Å². The van der Waals surface area contributed by atoms with Crippen LogP contribution >= 0.6 is 22.7 Å². The van der Waals surface area contributed by atoms with E-state index in [0.29, 0.717) is 21.8 Å². The van der Waals surface area contributed by atoms with Crippen LogP contribution in [0.3, 0.4) is 0 Å². The van der Waals surface area contributed by atoms with Crippen LogP contribution in [0.25, 0.3) is 21.5 Å². The van der Waals surface area contributed by atoms with E-state index in [4.69, 9.17) is 0 Å². The topological polar surface area (TPSA) is 68.1 Å². The van der Waals surface area contributed by atoms with Gasteiger partial charge in [0.25, 0.3) is 0 Å². The number of benzene rings is 1. The number of halogens is 1. The zero-order valence-electron chi connectivity index (χ0n) is 13.0. The first kappa shape index (κ1) is 15.9. The minimum Gasteiger partial charge on any atom is -0.247 e. The molecule has 0 aliphatic rings. The van der Waals surface area contributed by atoms with Crippen LogP contribution in [0.15, 0.2) is 47.3 Å². The van der Waals surface area contributed by atoms with E-state index in [1.54, 1.807) is 23.7 Å². The second kappa shape index (κ2) is 6.38. The lowest BCUT2D eigenvalue weighted by molar-refractivity contribution is 0.629. The number of hydrogen-bond acceptors (Lipinski definition) is 7. The molecule has 25 heavy (non-hydrogen) atoms. The molecule has 0 N–H and O–H groups in total. The summed E-state index contributed by atoms with van der Waals surface area (Å²) in [7, 11) is 0. The second-order valence-corrected chi connectivity index (χ2v) is 7.59. The molecule has 0 aliphatic heterocycles. The van der Waals surface area contributed by atoms with E-state index >= 15 is 0 Å². The zero-order chi connectivity index (χ0) is 17.4. The molecule has 0 fully saturated rings. The van der Waals surface area contributed by atoms with Crippen molar-refractivity contribution in [3.05, 3.63) is 68.3 Å². The quantitative estimate of drug-likeness (QED) is 0.468. The Kier molecular flexibility index (Phi) is 4.06. The molecule has 3 heterocycles. The van der Waals surface area contributed by atoms with Crippen molar-refractivity contribution in [2.75, 3.05) is 0 Å². The van der Waals surface area contributed by atoms with E-state index in [0.717, 1.165) is 15.1 Å². The van der Waals surface area contributed by atoms with Gasteiger partial charge in [0.15, 0.2) is 6.04 Å². The van der Waals surface area contributed by atoms with Gasteiger partial charge < -0.3 is 0 Å². The summed E-state index contributed by atoms with van der Waals surface area (Å²) in [5, 5.41) is 5.53. The van der Waals surface area contributed by atoms with Crippen molar-refractivity contribution in [3.63, 3.8) is 0 Å². The Morgan fingerprint density at radius 2 is 2.08 bits per heavy atom. The van der Waals surface area contributed by atoms with Crippen LogP contribution < -0.4 is 0 Å². The number of nitrogens with zero attached hydrogens (tertiary/aromatic N) is 4. The normalized spacial score (nSPS) is 12.4. The SMILES string of the molecule is Cc1cc2ncnc(-c3cc(C(N=O)c4nccs4)ccc3F)c2s1.